The number of halogens is 1. The highest BCUT2D eigenvalue weighted by molar-refractivity contribution is 5.87. The lowest BCUT2D eigenvalue weighted by Crippen LogP contribution is -2.08. The van der Waals surface area contributed by atoms with Crippen molar-refractivity contribution < 1.29 is 8.81 Å². The number of fused-ring (bicyclic) bond motifs is 1. The lowest BCUT2D eigenvalue weighted by Gasteiger charge is -2.16. The van der Waals surface area contributed by atoms with Gasteiger partial charge in [0.1, 0.15) is 17.2 Å². The molecule has 3 nitrogen and oxygen atoms in total. The molecule has 0 aliphatic rings. The molecule has 0 fully saturated rings. The number of hydrogen-bond acceptors (Lipinski definition) is 3. The van der Waals surface area contributed by atoms with Gasteiger partial charge in [-0.05, 0) is 43.2 Å². The predicted molar refractivity (Wildman–Crippen MR) is 77.2 cm³/mol. The maximum Gasteiger partial charge on any atom is 0.139 e. The molecule has 0 saturated heterocycles. The van der Waals surface area contributed by atoms with E-state index in [1.54, 1.807) is 31.5 Å². The Labute approximate surface area is 116 Å². The van der Waals surface area contributed by atoms with Gasteiger partial charge in [0, 0.05) is 6.20 Å². The molecule has 1 unspecified atom stereocenters. The first-order valence-electron chi connectivity index (χ1n) is 6.50. The highest BCUT2D eigenvalue weighted by Gasteiger charge is 2.11. The van der Waals surface area contributed by atoms with E-state index in [9.17, 15) is 4.39 Å². The second-order valence-corrected chi connectivity index (χ2v) is 4.87. The minimum atomic E-state index is -0.189. The molecule has 0 spiro atoms. The summed E-state index contributed by atoms with van der Waals surface area (Å²) in [5, 5.41) is 4.22. The zero-order valence-corrected chi connectivity index (χ0v) is 11.4. The third kappa shape index (κ3) is 2.25. The first kappa shape index (κ1) is 12.7. The van der Waals surface area contributed by atoms with Gasteiger partial charge in [0.25, 0.3) is 0 Å². The van der Waals surface area contributed by atoms with Crippen molar-refractivity contribution in [3.05, 3.63) is 59.7 Å². The van der Waals surface area contributed by atoms with Crippen molar-refractivity contribution in [1.82, 2.24) is 4.98 Å². The normalized spacial score (nSPS) is 12.6. The number of furan rings is 1. The minimum Gasteiger partial charge on any atom is -0.464 e. The predicted octanol–water partition coefficient (Wildman–Crippen LogP) is 4.45. The van der Waals surface area contributed by atoms with E-state index in [0.717, 1.165) is 22.4 Å². The number of hydrogen-bond donors (Lipinski definition) is 1. The summed E-state index contributed by atoms with van der Waals surface area (Å²) in [5.74, 6) is 0.551. The van der Waals surface area contributed by atoms with E-state index < -0.39 is 0 Å². The van der Waals surface area contributed by atoms with Crippen LogP contribution in [0.15, 0.2) is 47.2 Å². The summed E-state index contributed by atoms with van der Waals surface area (Å²) in [5.41, 5.74) is 2.32. The van der Waals surface area contributed by atoms with Crippen LogP contribution in [0.1, 0.15) is 24.1 Å². The molecule has 3 aromatic rings. The fourth-order valence-electron chi connectivity index (χ4n) is 2.18. The molecule has 20 heavy (non-hydrogen) atoms. The first-order chi connectivity index (χ1) is 9.65. The van der Waals surface area contributed by atoms with Crippen LogP contribution < -0.4 is 5.32 Å². The van der Waals surface area contributed by atoms with Crippen molar-refractivity contribution in [2.75, 3.05) is 5.32 Å². The van der Waals surface area contributed by atoms with Crippen LogP contribution in [-0.4, -0.2) is 4.98 Å². The SMILES string of the molecule is Cc1ccc(C(C)Nc2nccc3occc23)cc1F. The van der Waals surface area contributed by atoms with Gasteiger partial charge in [-0.15, -0.1) is 0 Å². The number of aryl methyl sites for hydroxylation is 1. The Morgan fingerprint density at radius 3 is 2.90 bits per heavy atom. The third-order valence-electron chi connectivity index (χ3n) is 3.43. The van der Waals surface area contributed by atoms with Crippen LogP contribution >= 0.6 is 0 Å². The van der Waals surface area contributed by atoms with Crippen LogP contribution in [0, 0.1) is 12.7 Å². The lowest BCUT2D eigenvalue weighted by atomic mass is 10.1. The average molecular weight is 270 g/mol. The standard InChI is InChI=1S/C16H15FN2O/c1-10-3-4-12(9-14(10)17)11(2)19-16-13-6-8-20-15(13)5-7-18-16/h3-9,11H,1-2H3,(H,18,19). The van der Waals surface area contributed by atoms with Crippen LogP contribution in [-0.2, 0) is 0 Å². The molecular formula is C16H15FN2O. The quantitative estimate of drug-likeness (QED) is 0.764. The lowest BCUT2D eigenvalue weighted by molar-refractivity contribution is 0.614. The summed E-state index contributed by atoms with van der Waals surface area (Å²) in [7, 11) is 0. The van der Waals surface area contributed by atoms with Gasteiger partial charge >= 0.3 is 0 Å². The number of nitrogens with zero attached hydrogens (tertiary/aromatic N) is 1. The van der Waals surface area contributed by atoms with Crippen molar-refractivity contribution in [2.24, 2.45) is 0 Å². The Bertz CT molecular complexity index is 751. The summed E-state index contributed by atoms with van der Waals surface area (Å²) >= 11 is 0. The molecule has 102 valence electrons. The Morgan fingerprint density at radius 2 is 2.10 bits per heavy atom. The van der Waals surface area contributed by atoms with E-state index in [-0.39, 0.29) is 11.9 Å². The minimum absolute atomic E-state index is 0.0434. The number of aromatic nitrogens is 1. The molecule has 4 heteroatoms. The molecule has 0 amide bonds. The Balaban J connectivity index is 1.90. The molecule has 0 aliphatic heterocycles. The monoisotopic (exact) mass is 270 g/mol. The fraction of sp³-hybridized carbons (Fsp3) is 0.188. The van der Waals surface area contributed by atoms with Crippen LogP contribution in [0.25, 0.3) is 11.0 Å². The summed E-state index contributed by atoms with van der Waals surface area (Å²) < 4.78 is 19.0. The largest absolute Gasteiger partial charge is 0.464 e. The number of rotatable bonds is 3. The van der Waals surface area contributed by atoms with Gasteiger partial charge in [-0.2, -0.15) is 0 Å². The number of anilines is 1. The highest BCUT2D eigenvalue weighted by atomic mass is 19.1. The van der Waals surface area contributed by atoms with Gasteiger partial charge in [0.05, 0.1) is 17.7 Å². The number of nitrogens with one attached hydrogen (secondary N) is 1. The van der Waals surface area contributed by atoms with Crippen molar-refractivity contribution in [1.29, 1.82) is 0 Å². The van der Waals surface area contributed by atoms with E-state index in [1.807, 2.05) is 25.1 Å². The molecule has 3 rings (SSSR count). The summed E-state index contributed by atoms with van der Waals surface area (Å²) in [4.78, 5) is 4.32. The van der Waals surface area contributed by atoms with E-state index >= 15 is 0 Å². The van der Waals surface area contributed by atoms with Crippen LogP contribution in [0.3, 0.4) is 0 Å². The van der Waals surface area contributed by atoms with Gasteiger partial charge < -0.3 is 9.73 Å². The summed E-state index contributed by atoms with van der Waals surface area (Å²) in [6.07, 6.45) is 3.32. The van der Waals surface area contributed by atoms with E-state index in [2.05, 4.69) is 10.3 Å². The molecule has 1 aromatic carbocycles. The van der Waals surface area contributed by atoms with E-state index in [1.165, 1.54) is 0 Å². The zero-order valence-electron chi connectivity index (χ0n) is 11.4. The molecule has 2 heterocycles. The summed E-state index contributed by atoms with van der Waals surface area (Å²) in [6, 6.07) is 8.91. The van der Waals surface area contributed by atoms with Gasteiger partial charge in [-0.3, -0.25) is 0 Å². The molecule has 1 N–H and O–H groups in total. The highest BCUT2D eigenvalue weighted by Crippen LogP contribution is 2.26. The Morgan fingerprint density at radius 1 is 1.25 bits per heavy atom. The van der Waals surface area contributed by atoms with Crippen LogP contribution in [0.2, 0.25) is 0 Å². The van der Waals surface area contributed by atoms with Crippen molar-refractivity contribution >= 4 is 16.8 Å². The van der Waals surface area contributed by atoms with Gasteiger partial charge in [0.15, 0.2) is 0 Å². The molecule has 1 atom stereocenters. The molecule has 0 aliphatic carbocycles. The molecule has 0 radical (unpaired) electrons. The molecular weight excluding hydrogens is 255 g/mol. The smallest absolute Gasteiger partial charge is 0.139 e. The van der Waals surface area contributed by atoms with Crippen LogP contribution in [0.5, 0.6) is 0 Å². The molecule has 2 aromatic heterocycles. The van der Waals surface area contributed by atoms with Gasteiger partial charge in [-0.25, -0.2) is 9.37 Å². The van der Waals surface area contributed by atoms with Crippen LogP contribution in [0.4, 0.5) is 10.2 Å². The number of pyridine rings is 1. The Hall–Kier alpha value is -2.36. The van der Waals surface area contributed by atoms with E-state index in [0.29, 0.717) is 5.56 Å². The zero-order chi connectivity index (χ0) is 14.1. The van der Waals surface area contributed by atoms with Gasteiger partial charge in [0.2, 0.25) is 0 Å². The second-order valence-electron chi connectivity index (χ2n) is 4.87. The summed E-state index contributed by atoms with van der Waals surface area (Å²) in [6.45, 7) is 3.73. The Kier molecular flexibility index (Phi) is 3.14. The number of benzene rings is 1. The van der Waals surface area contributed by atoms with Crippen molar-refractivity contribution in [3.8, 4) is 0 Å². The molecule has 0 bridgehead atoms. The van der Waals surface area contributed by atoms with Crippen molar-refractivity contribution in [2.45, 2.75) is 19.9 Å². The molecule has 0 saturated carbocycles. The average Bonchev–Trinajstić information content (AvgIpc) is 2.91. The maximum absolute atomic E-state index is 13.6. The third-order valence-corrected chi connectivity index (χ3v) is 3.43. The van der Waals surface area contributed by atoms with E-state index in [4.69, 9.17) is 4.42 Å². The second kappa shape index (κ2) is 4.96. The van der Waals surface area contributed by atoms with Crippen molar-refractivity contribution in [3.63, 3.8) is 0 Å². The van der Waals surface area contributed by atoms with Gasteiger partial charge in [-0.1, -0.05) is 12.1 Å². The maximum atomic E-state index is 13.6. The fourth-order valence-corrected chi connectivity index (χ4v) is 2.18. The first-order valence-corrected chi connectivity index (χ1v) is 6.50. The topological polar surface area (TPSA) is 38.1 Å².